The summed E-state index contributed by atoms with van der Waals surface area (Å²) in [6, 6.07) is 8.34. The lowest BCUT2D eigenvalue weighted by Gasteiger charge is -2.12. The first kappa shape index (κ1) is 14.8. The Bertz CT molecular complexity index is 596. The van der Waals surface area contributed by atoms with Crippen molar-refractivity contribution in [2.45, 2.75) is 40.0 Å². The van der Waals surface area contributed by atoms with Crippen LogP contribution in [0.1, 0.15) is 37.2 Å². The van der Waals surface area contributed by atoms with Crippen molar-refractivity contribution in [1.29, 1.82) is 0 Å². The number of nitrogens with one attached hydrogen (secondary N) is 1. The maximum absolute atomic E-state index is 6.19. The van der Waals surface area contributed by atoms with Gasteiger partial charge in [-0.3, -0.25) is 0 Å². The molecule has 0 fully saturated rings. The van der Waals surface area contributed by atoms with E-state index in [1.807, 2.05) is 19.1 Å². The minimum atomic E-state index is 0.526. The molecule has 20 heavy (non-hydrogen) atoms. The third kappa shape index (κ3) is 3.48. The second kappa shape index (κ2) is 6.71. The molecule has 106 valence electrons. The van der Waals surface area contributed by atoms with E-state index >= 15 is 0 Å². The smallest absolute Gasteiger partial charge is 0.138 e. The van der Waals surface area contributed by atoms with E-state index in [1.54, 1.807) is 0 Å². The second-order valence-corrected chi connectivity index (χ2v) is 5.19. The Hall–Kier alpha value is -1.61. The Morgan fingerprint density at radius 3 is 2.70 bits per heavy atom. The van der Waals surface area contributed by atoms with Crippen molar-refractivity contribution in [3.63, 3.8) is 0 Å². The van der Waals surface area contributed by atoms with E-state index in [4.69, 9.17) is 11.6 Å². The van der Waals surface area contributed by atoms with Gasteiger partial charge in [0, 0.05) is 17.7 Å². The SMILES string of the molecule is CCCc1nc(Cl)c(C)c(Nc2cccc(CC)c2)n1. The van der Waals surface area contributed by atoms with Crippen LogP contribution in [0.3, 0.4) is 0 Å². The summed E-state index contributed by atoms with van der Waals surface area (Å²) in [7, 11) is 0. The van der Waals surface area contributed by atoms with Crippen LogP contribution in [0.2, 0.25) is 5.15 Å². The van der Waals surface area contributed by atoms with E-state index in [0.717, 1.165) is 42.2 Å². The highest BCUT2D eigenvalue weighted by molar-refractivity contribution is 6.30. The average molecular weight is 290 g/mol. The number of benzene rings is 1. The van der Waals surface area contributed by atoms with Gasteiger partial charge in [0.1, 0.15) is 16.8 Å². The number of rotatable bonds is 5. The fourth-order valence-corrected chi connectivity index (χ4v) is 2.18. The summed E-state index contributed by atoms with van der Waals surface area (Å²) in [4.78, 5) is 8.88. The quantitative estimate of drug-likeness (QED) is 0.811. The fourth-order valence-electron chi connectivity index (χ4n) is 2.00. The molecule has 1 heterocycles. The summed E-state index contributed by atoms with van der Waals surface area (Å²) in [6.45, 7) is 6.18. The van der Waals surface area contributed by atoms with Crippen molar-refractivity contribution in [3.8, 4) is 0 Å². The van der Waals surface area contributed by atoms with Crippen LogP contribution in [0.15, 0.2) is 24.3 Å². The van der Waals surface area contributed by atoms with Gasteiger partial charge in [0.2, 0.25) is 0 Å². The van der Waals surface area contributed by atoms with E-state index in [2.05, 4.69) is 41.3 Å². The maximum Gasteiger partial charge on any atom is 0.138 e. The lowest BCUT2D eigenvalue weighted by Crippen LogP contribution is -2.04. The van der Waals surface area contributed by atoms with Gasteiger partial charge in [-0.25, -0.2) is 9.97 Å². The molecule has 0 amide bonds. The number of aromatic nitrogens is 2. The van der Waals surface area contributed by atoms with Crippen LogP contribution in [0.25, 0.3) is 0 Å². The molecule has 1 aromatic carbocycles. The number of nitrogens with zero attached hydrogens (tertiary/aromatic N) is 2. The van der Waals surface area contributed by atoms with Gasteiger partial charge >= 0.3 is 0 Å². The Labute approximate surface area is 125 Å². The third-order valence-electron chi connectivity index (χ3n) is 3.20. The summed E-state index contributed by atoms with van der Waals surface area (Å²) in [5.74, 6) is 1.58. The minimum Gasteiger partial charge on any atom is -0.340 e. The second-order valence-electron chi connectivity index (χ2n) is 4.83. The van der Waals surface area contributed by atoms with Crippen LogP contribution in [-0.2, 0) is 12.8 Å². The molecule has 0 spiro atoms. The zero-order valence-electron chi connectivity index (χ0n) is 12.2. The van der Waals surface area contributed by atoms with Crippen LogP contribution in [0.5, 0.6) is 0 Å². The normalized spacial score (nSPS) is 10.6. The molecule has 0 aliphatic rings. The molecule has 4 heteroatoms. The number of hydrogen-bond donors (Lipinski definition) is 1. The molecule has 1 N–H and O–H groups in total. The Kier molecular flexibility index (Phi) is 4.96. The molecule has 0 atom stereocenters. The summed E-state index contributed by atoms with van der Waals surface area (Å²) in [6.07, 6.45) is 2.86. The molecule has 2 rings (SSSR count). The van der Waals surface area contributed by atoms with Crippen LogP contribution < -0.4 is 5.32 Å². The Morgan fingerprint density at radius 1 is 1.20 bits per heavy atom. The van der Waals surface area contributed by atoms with E-state index in [0.29, 0.717) is 5.15 Å². The van der Waals surface area contributed by atoms with Gasteiger partial charge in [-0.05, 0) is 37.5 Å². The fraction of sp³-hybridized carbons (Fsp3) is 0.375. The summed E-state index contributed by atoms with van der Waals surface area (Å²) in [5, 5.41) is 3.88. The third-order valence-corrected chi connectivity index (χ3v) is 3.57. The first-order valence-electron chi connectivity index (χ1n) is 7.03. The molecule has 0 saturated carbocycles. The standard InChI is InChI=1S/C16H20ClN3/c1-4-7-14-19-15(17)11(3)16(20-14)18-13-9-6-8-12(5-2)10-13/h6,8-10H,4-5,7H2,1-3H3,(H,18,19,20). The highest BCUT2D eigenvalue weighted by atomic mass is 35.5. The van der Waals surface area contributed by atoms with Crippen molar-refractivity contribution in [1.82, 2.24) is 9.97 Å². The molecule has 2 aromatic rings. The molecule has 0 aliphatic carbocycles. The van der Waals surface area contributed by atoms with Gasteiger partial charge in [-0.1, -0.05) is 37.6 Å². The lowest BCUT2D eigenvalue weighted by molar-refractivity contribution is 0.833. The van der Waals surface area contributed by atoms with Gasteiger partial charge in [0.05, 0.1) is 0 Å². The summed E-state index contributed by atoms with van der Waals surface area (Å²) < 4.78 is 0. The molecular weight excluding hydrogens is 270 g/mol. The van der Waals surface area contributed by atoms with Crippen molar-refractivity contribution in [3.05, 3.63) is 46.4 Å². The molecule has 0 saturated heterocycles. The topological polar surface area (TPSA) is 37.8 Å². The molecule has 3 nitrogen and oxygen atoms in total. The van der Waals surface area contributed by atoms with Crippen LogP contribution in [-0.4, -0.2) is 9.97 Å². The zero-order chi connectivity index (χ0) is 14.5. The lowest BCUT2D eigenvalue weighted by atomic mass is 10.1. The molecule has 0 bridgehead atoms. The van der Waals surface area contributed by atoms with Gasteiger partial charge < -0.3 is 5.32 Å². The van der Waals surface area contributed by atoms with Gasteiger partial charge in [-0.2, -0.15) is 0 Å². The average Bonchev–Trinajstić information content (AvgIpc) is 2.45. The summed E-state index contributed by atoms with van der Waals surface area (Å²) >= 11 is 6.19. The molecule has 0 unspecified atom stereocenters. The zero-order valence-corrected chi connectivity index (χ0v) is 13.0. The monoisotopic (exact) mass is 289 g/mol. The number of aryl methyl sites for hydroxylation is 2. The highest BCUT2D eigenvalue weighted by Crippen LogP contribution is 2.24. The summed E-state index contributed by atoms with van der Waals surface area (Å²) in [5.41, 5.74) is 3.21. The predicted octanol–water partition coefficient (Wildman–Crippen LogP) is 4.70. The molecular formula is C16H20ClN3. The van der Waals surface area contributed by atoms with Crippen LogP contribution >= 0.6 is 11.6 Å². The Balaban J connectivity index is 2.31. The minimum absolute atomic E-state index is 0.526. The van der Waals surface area contributed by atoms with E-state index in [-0.39, 0.29) is 0 Å². The van der Waals surface area contributed by atoms with E-state index in [1.165, 1.54) is 5.56 Å². The van der Waals surface area contributed by atoms with Crippen LogP contribution in [0.4, 0.5) is 11.5 Å². The molecule has 1 aromatic heterocycles. The van der Waals surface area contributed by atoms with Crippen molar-refractivity contribution >= 4 is 23.1 Å². The first-order chi connectivity index (χ1) is 9.63. The van der Waals surface area contributed by atoms with Gasteiger partial charge in [-0.15, -0.1) is 0 Å². The van der Waals surface area contributed by atoms with Crippen molar-refractivity contribution < 1.29 is 0 Å². The van der Waals surface area contributed by atoms with Gasteiger partial charge in [0.25, 0.3) is 0 Å². The van der Waals surface area contributed by atoms with Crippen molar-refractivity contribution in [2.75, 3.05) is 5.32 Å². The van der Waals surface area contributed by atoms with E-state index < -0.39 is 0 Å². The highest BCUT2D eigenvalue weighted by Gasteiger charge is 2.09. The van der Waals surface area contributed by atoms with Crippen molar-refractivity contribution in [2.24, 2.45) is 0 Å². The molecule has 0 aliphatic heterocycles. The van der Waals surface area contributed by atoms with Crippen LogP contribution in [0, 0.1) is 6.92 Å². The predicted molar refractivity (Wildman–Crippen MR) is 84.9 cm³/mol. The Morgan fingerprint density at radius 2 is 2.00 bits per heavy atom. The maximum atomic E-state index is 6.19. The largest absolute Gasteiger partial charge is 0.340 e. The first-order valence-corrected chi connectivity index (χ1v) is 7.40. The number of anilines is 2. The van der Waals surface area contributed by atoms with E-state index in [9.17, 15) is 0 Å². The molecule has 0 radical (unpaired) electrons. The number of halogens is 1. The van der Waals surface area contributed by atoms with Gasteiger partial charge in [0.15, 0.2) is 0 Å². The number of hydrogen-bond acceptors (Lipinski definition) is 3.